The quantitative estimate of drug-likeness (QED) is 0.335. The summed E-state index contributed by atoms with van der Waals surface area (Å²) in [6.45, 7) is 0.314. The highest BCUT2D eigenvalue weighted by molar-refractivity contribution is 5.92. The van der Waals surface area contributed by atoms with Gasteiger partial charge in [-0.2, -0.15) is 4.40 Å². The Morgan fingerprint density at radius 3 is 2.55 bits per heavy atom. The Labute approximate surface area is 126 Å². The first-order chi connectivity index (χ1) is 10.4. The molecule has 1 aliphatic rings. The number of aromatic nitrogens is 1. The summed E-state index contributed by atoms with van der Waals surface area (Å²) in [6, 6.07) is 12.3. The summed E-state index contributed by atoms with van der Waals surface area (Å²) in [5.74, 6) is 1.69. The Balaban J connectivity index is 0.000000254. The van der Waals surface area contributed by atoms with Gasteiger partial charge in [-0.3, -0.25) is 0 Å². The molecular formula is C14H10ClNO6. The molecule has 0 saturated carbocycles. The number of halogens is 1. The minimum absolute atomic E-state index is 0.314. The van der Waals surface area contributed by atoms with E-state index in [1.165, 1.54) is 0 Å². The molecule has 0 N–H and O–H groups in total. The van der Waals surface area contributed by atoms with E-state index in [4.69, 9.17) is 28.1 Å². The molecule has 0 bridgehead atoms. The molecule has 1 aliphatic heterocycles. The van der Waals surface area contributed by atoms with Crippen molar-refractivity contribution in [2.75, 3.05) is 6.79 Å². The Morgan fingerprint density at radius 1 is 1.00 bits per heavy atom. The number of hydrogen-bond acceptors (Lipinski definition) is 6. The van der Waals surface area contributed by atoms with E-state index in [1.54, 1.807) is 0 Å². The standard InChI is InChI=1S/C14H10NO2.ClHO4/c1-2-6-15-8-10-4-5-13-14(17-9-16-13)12(10)7-11(15)3-1;2-1(3,4)5/h1-8H,9H2;(H,2,3,4,5)/q+1;/p-1. The van der Waals surface area contributed by atoms with Crippen LogP contribution >= 0.6 is 0 Å². The average Bonchev–Trinajstić information content (AvgIpc) is 2.92. The lowest BCUT2D eigenvalue weighted by Crippen LogP contribution is -2.68. The Morgan fingerprint density at radius 2 is 1.77 bits per heavy atom. The third kappa shape index (κ3) is 3.19. The number of hydrogen-bond donors (Lipinski definition) is 0. The molecule has 0 fully saturated rings. The lowest BCUT2D eigenvalue weighted by Gasteiger charge is -2.17. The van der Waals surface area contributed by atoms with E-state index in [1.807, 2.05) is 24.4 Å². The van der Waals surface area contributed by atoms with Crippen LogP contribution in [0.2, 0.25) is 0 Å². The average molecular weight is 324 g/mol. The van der Waals surface area contributed by atoms with Crippen LogP contribution < -0.4 is 32.5 Å². The normalized spacial score (nSPS) is 13.1. The first-order valence-electron chi connectivity index (χ1n) is 6.16. The van der Waals surface area contributed by atoms with E-state index < -0.39 is 10.2 Å². The highest BCUT2D eigenvalue weighted by atomic mass is 35.7. The highest BCUT2D eigenvalue weighted by Crippen LogP contribution is 2.38. The van der Waals surface area contributed by atoms with Crippen molar-refractivity contribution in [3.05, 3.63) is 48.8 Å². The van der Waals surface area contributed by atoms with E-state index in [0.717, 1.165) is 27.8 Å². The molecule has 22 heavy (non-hydrogen) atoms. The number of ether oxygens (including phenoxy) is 2. The second-order valence-electron chi connectivity index (χ2n) is 4.49. The van der Waals surface area contributed by atoms with Gasteiger partial charge >= 0.3 is 0 Å². The Hall–Kier alpha value is -2.16. The summed E-state index contributed by atoms with van der Waals surface area (Å²) in [5, 5.41) is 2.25. The van der Waals surface area contributed by atoms with E-state index in [9.17, 15) is 0 Å². The molecule has 8 heteroatoms. The molecule has 114 valence electrons. The number of pyridine rings is 2. The summed E-state index contributed by atoms with van der Waals surface area (Å²) in [4.78, 5) is 0. The number of benzene rings is 1. The van der Waals surface area contributed by atoms with Crippen LogP contribution in [0.4, 0.5) is 0 Å². The molecule has 0 radical (unpaired) electrons. The first-order valence-corrected chi connectivity index (χ1v) is 7.39. The second kappa shape index (κ2) is 5.56. The molecular weight excluding hydrogens is 314 g/mol. The minimum atomic E-state index is -4.94. The molecule has 0 aliphatic carbocycles. The van der Waals surface area contributed by atoms with Crippen molar-refractivity contribution in [1.82, 2.24) is 0 Å². The van der Waals surface area contributed by atoms with Crippen molar-refractivity contribution < 1.29 is 42.8 Å². The van der Waals surface area contributed by atoms with Crippen LogP contribution in [-0.4, -0.2) is 6.79 Å². The van der Waals surface area contributed by atoms with Crippen LogP contribution in [-0.2, 0) is 0 Å². The maximum Gasteiger partial charge on any atom is 0.231 e. The van der Waals surface area contributed by atoms with Gasteiger partial charge in [-0.15, -0.1) is 10.2 Å². The van der Waals surface area contributed by atoms with Crippen molar-refractivity contribution in [3.63, 3.8) is 0 Å². The number of nitrogens with zero attached hydrogens (tertiary/aromatic N) is 1. The van der Waals surface area contributed by atoms with Crippen molar-refractivity contribution >= 4 is 16.3 Å². The lowest BCUT2D eigenvalue weighted by molar-refractivity contribution is -2.00. The van der Waals surface area contributed by atoms with Gasteiger partial charge in [0.2, 0.25) is 12.3 Å². The third-order valence-corrected chi connectivity index (χ3v) is 3.10. The highest BCUT2D eigenvalue weighted by Gasteiger charge is 2.18. The molecule has 0 atom stereocenters. The largest absolute Gasteiger partial charge is 0.454 e. The van der Waals surface area contributed by atoms with Crippen LogP contribution in [0.3, 0.4) is 0 Å². The van der Waals surface area contributed by atoms with Crippen LogP contribution in [0, 0.1) is 10.2 Å². The molecule has 4 rings (SSSR count). The summed E-state index contributed by atoms with van der Waals surface area (Å²) in [7, 11) is -4.94. The van der Waals surface area contributed by atoms with Gasteiger partial charge in [0, 0.05) is 23.6 Å². The smallest absolute Gasteiger partial charge is 0.231 e. The summed E-state index contributed by atoms with van der Waals surface area (Å²) in [6.07, 6.45) is 4.14. The van der Waals surface area contributed by atoms with Crippen molar-refractivity contribution in [1.29, 1.82) is 0 Å². The fourth-order valence-corrected chi connectivity index (χ4v) is 2.28. The van der Waals surface area contributed by atoms with E-state index >= 15 is 0 Å². The van der Waals surface area contributed by atoms with E-state index in [0.29, 0.717) is 6.79 Å². The van der Waals surface area contributed by atoms with Crippen molar-refractivity contribution in [2.45, 2.75) is 0 Å². The molecule has 3 aromatic rings. The van der Waals surface area contributed by atoms with E-state index in [2.05, 4.69) is 28.8 Å². The maximum absolute atomic E-state index is 8.49. The van der Waals surface area contributed by atoms with Gasteiger partial charge in [0.15, 0.2) is 23.9 Å². The third-order valence-electron chi connectivity index (χ3n) is 3.10. The van der Waals surface area contributed by atoms with Gasteiger partial charge in [-0.05, 0) is 18.2 Å². The van der Waals surface area contributed by atoms with Gasteiger partial charge in [0.05, 0.1) is 5.39 Å². The van der Waals surface area contributed by atoms with Crippen LogP contribution in [0.15, 0.2) is 48.8 Å². The maximum atomic E-state index is 8.49. The fourth-order valence-electron chi connectivity index (χ4n) is 2.28. The topological polar surface area (TPSA) is 115 Å². The van der Waals surface area contributed by atoms with Crippen molar-refractivity contribution in [3.8, 4) is 11.5 Å². The monoisotopic (exact) mass is 323 g/mol. The minimum Gasteiger partial charge on any atom is -0.454 e. The second-order valence-corrected chi connectivity index (χ2v) is 5.24. The lowest BCUT2D eigenvalue weighted by atomic mass is 10.1. The zero-order valence-corrected chi connectivity index (χ0v) is 11.9. The number of fused-ring (bicyclic) bond motifs is 4. The van der Waals surface area contributed by atoms with Gasteiger partial charge in [-0.1, -0.05) is 0 Å². The Bertz CT molecular complexity index is 827. The van der Waals surface area contributed by atoms with Crippen LogP contribution in [0.25, 0.3) is 16.3 Å². The first kappa shape index (κ1) is 14.8. The van der Waals surface area contributed by atoms with Crippen LogP contribution in [0.5, 0.6) is 11.5 Å². The predicted molar refractivity (Wildman–Crippen MR) is 63.2 cm³/mol. The summed E-state index contributed by atoms with van der Waals surface area (Å²) in [5.41, 5.74) is 1.14. The van der Waals surface area contributed by atoms with Gasteiger partial charge < -0.3 is 9.47 Å². The SMILES string of the molecule is [O-][Cl+3]([O-])([O-])[O-].c1cc[n+]2cc3ccc4c(c3cc2c1)OCO4. The Kier molecular flexibility index (Phi) is 3.73. The molecule has 7 nitrogen and oxygen atoms in total. The molecule has 3 heterocycles. The molecule has 0 spiro atoms. The zero-order valence-electron chi connectivity index (χ0n) is 11.1. The van der Waals surface area contributed by atoms with Gasteiger partial charge in [-0.25, -0.2) is 18.6 Å². The molecule has 1 aromatic carbocycles. The van der Waals surface area contributed by atoms with Gasteiger partial charge in [0.25, 0.3) is 0 Å². The van der Waals surface area contributed by atoms with E-state index in [-0.39, 0.29) is 0 Å². The molecule has 0 saturated heterocycles. The van der Waals surface area contributed by atoms with Crippen LogP contribution in [0.1, 0.15) is 0 Å². The summed E-state index contributed by atoms with van der Waals surface area (Å²) >= 11 is 0. The van der Waals surface area contributed by atoms with Gasteiger partial charge in [0.1, 0.15) is 0 Å². The fraction of sp³-hybridized carbons (Fsp3) is 0.0714. The molecule has 0 unspecified atom stereocenters. The zero-order chi connectivity index (χ0) is 15.7. The predicted octanol–water partition coefficient (Wildman–Crippen LogP) is -2.45. The molecule has 2 aromatic heterocycles. The summed E-state index contributed by atoms with van der Waals surface area (Å²) < 4.78 is 47.0. The molecule has 0 amide bonds. The van der Waals surface area contributed by atoms with Crippen molar-refractivity contribution in [2.24, 2.45) is 0 Å². The number of rotatable bonds is 0.